The highest BCUT2D eigenvalue weighted by atomic mass is 32.2. The van der Waals surface area contributed by atoms with E-state index in [2.05, 4.69) is 15.5 Å². The first-order valence-corrected chi connectivity index (χ1v) is 10.0. The zero-order chi connectivity index (χ0) is 20.9. The smallest absolute Gasteiger partial charge is 0.234 e. The third-order valence-electron chi connectivity index (χ3n) is 4.20. The van der Waals surface area contributed by atoms with Crippen molar-refractivity contribution in [2.45, 2.75) is 5.16 Å². The first-order chi connectivity index (χ1) is 14.6. The molecule has 0 aliphatic carbocycles. The molecular weight excluding hydrogens is 405 g/mol. The summed E-state index contributed by atoms with van der Waals surface area (Å²) in [4.78, 5) is 12.3. The second kappa shape index (κ2) is 8.83. The number of hydrogen-bond donors (Lipinski definition) is 1. The summed E-state index contributed by atoms with van der Waals surface area (Å²) in [5.41, 5.74) is 1.23. The van der Waals surface area contributed by atoms with Crippen molar-refractivity contribution < 1.29 is 13.9 Å². The molecule has 2 aromatic carbocycles. The van der Waals surface area contributed by atoms with Gasteiger partial charge in [0.05, 0.1) is 12.9 Å². The van der Waals surface area contributed by atoms with Crippen LogP contribution in [0.3, 0.4) is 0 Å². The third kappa shape index (κ3) is 4.36. The van der Waals surface area contributed by atoms with E-state index >= 15 is 0 Å². The lowest BCUT2D eigenvalue weighted by Gasteiger charge is -2.12. The van der Waals surface area contributed by atoms with Gasteiger partial charge in [-0.1, -0.05) is 30.0 Å². The summed E-state index contributed by atoms with van der Waals surface area (Å²) < 4.78 is 22.3. The highest BCUT2D eigenvalue weighted by Gasteiger charge is 2.17. The molecule has 0 unspecified atom stereocenters. The number of nitrogens with one attached hydrogen (secondary N) is 1. The van der Waals surface area contributed by atoms with E-state index < -0.39 is 5.82 Å². The Morgan fingerprint density at radius 1 is 1.10 bits per heavy atom. The minimum atomic E-state index is -0.407. The summed E-state index contributed by atoms with van der Waals surface area (Å²) in [6.07, 6.45) is 3.73. The summed E-state index contributed by atoms with van der Waals surface area (Å²) in [5, 5.41) is 11.8. The van der Waals surface area contributed by atoms with Gasteiger partial charge in [0.25, 0.3) is 0 Å². The van der Waals surface area contributed by atoms with E-state index in [9.17, 15) is 9.18 Å². The number of carbonyl (C=O) groups excluding carboxylic acids is 1. The van der Waals surface area contributed by atoms with Crippen LogP contribution in [0.5, 0.6) is 5.75 Å². The standard InChI is InChI=1S/C21H18FN5O2S/c1-29-18-9-4-6-15(12-18)20-24-25-21(27(20)26-10-2-3-11-26)30-14-19(28)23-17-8-5-7-16(22)13-17/h2-13H,14H2,1H3,(H,23,28). The van der Waals surface area contributed by atoms with Gasteiger partial charge in [-0.15, -0.1) is 10.2 Å². The molecule has 2 aromatic heterocycles. The van der Waals surface area contributed by atoms with Crippen LogP contribution < -0.4 is 10.1 Å². The normalized spacial score (nSPS) is 10.7. The third-order valence-corrected chi connectivity index (χ3v) is 5.12. The van der Waals surface area contributed by atoms with E-state index in [-0.39, 0.29) is 11.7 Å². The van der Waals surface area contributed by atoms with Gasteiger partial charge in [-0.05, 0) is 42.5 Å². The fourth-order valence-corrected chi connectivity index (χ4v) is 3.59. The van der Waals surface area contributed by atoms with Crippen molar-refractivity contribution in [2.75, 3.05) is 18.2 Å². The quantitative estimate of drug-likeness (QED) is 0.456. The Kier molecular flexibility index (Phi) is 5.80. The maximum Gasteiger partial charge on any atom is 0.234 e. The Balaban J connectivity index is 1.57. The second-order valence-corrected chi connectivity index (χ2v) is 7.20. The topological polar surface area (TPSA) is 74.0 Å². The number of halogens is 1. The Hall–Kier alpha value is -3.59. The van der Waals surface area contributed by atoms with Crippen LogP contribution >= 0.6 is 11.8 Å². The van der Waals surface area contributed by atoms with Crippen LogP contribution in [0.2, 0.25) is 0 Å². The van der Waals surface area contributed by atoms with Gasteiger partial charge in [0.1, 0.15) is 11.6 Å². The number of amides is 1. The Labute approximate surface area is 176 Å². The Morgan fingerprint density at radius 2 is 1.90 bits per heavy atom. The van der Waals surface area contributed by atoms with Crippen LogP contribution in [0.1, 0.15) is 0 Å². The minimum absolute atomic E-state index is 0.0913. The number of thioether (sulfide) groups is 1. The molecule has 0 fully saturated rings. The Morgan fingerprint density at radius 3 is 2.67 bits per heavy atom. The van der Waals surface area contributed by atoms with Crippen LogP contribution in [0.4, 0.5) is 10.1 Å². The van der Waals surface area contributed by atoms with Gasteiger partial charge < -0.3 is 10.1 Å². The van der Waals surface area contributed by atoms with E-state index in [1.54, 1.807) is 19.2 Å². The molecule has 152 valence electrons. The van der Waals surface area contributed by atoms with E-state index in [1.165, 1.54) is 23.9 Å². The van der Waals surface area contributed by atoms with Crippen molar-refractivity contribution in [3.63, 3.8) is 0 Å². The van der Waals surface area contributed by atoms with Crippen molar-refractivity contribution in [3.8, 4) is 17.1 Å². The first-order valence-electron chi connectivity index (χ1n) is 9.06. The summed E-state index contributed by atoms with van der Waals surface area (Å²) in [7, 11) is 1.61. The summed E-state index contributed by atoms with van der Waals surface area (Å²) >= 11 is 1.23. The zero-order valence-electron chi connectivity index (χ0n) is 16.0. The number of aromatic nitrogens is 4. The average Bonchev–Trinajstić information content (AvgIpc) is 3.42. The molecule has 7 nitrogen and oxygen atoms in total. The van der Waals surface area contributed by atoms with Crippen molar-refractivity contribution in [3.05, 3.63) is 78.9 Å². The maximum atomic E-state index is 13.3. The molecular formula is C21H18FN5O2S. The van der Waals surface area contributed by atoms with Crippen LogP contribution in [-0.2, 0) is 4.79 Å². The van der Waals surface area contributed by atoms with Crippen LogP contribution in [0, 0.1) is 5.82 Å². The summed E-state index contributed by atoms with van der Waals surface area (Å²) in [6, 6.07) is 17.1. The molecule has 9 heteroatoms. The lowest BCUT2D eigenvalue weighted by atomic mass is 10.2. The van der Waals surface area contributed by atoms with E-state index in [0.717, 1.165) is 5.56 Å². The van der Waals surface area contributed by atoms with Gasteiger partial charge in [0, 0.05) is 23.6 Å². The number of anilines is 1. The van der Waals surface area contributed by atoms with Crippen molar-refractivity contribution in [1.82, 2.24) is 19.5 Å². The lowest BCUT2D eigenvalue weighted by Crippen LogP contribution is -2.16. The van der Waals surface area contributed by atoms with Gasteiger partial charge in [0.15, 0.2) is 5.82 Å². The van der Waals surface area contributed by atoms with E-state index in [1.807, 2.05) is 58.1 Å². The molecule has 0 aliphatic heterocycles. The molecule has 4 aromatic rings. The fourth-order valence-electron chi connectivity index (χ4n) is 2.86. The molecule has 0 radical (unpaired) electrons. The molecule has 0 aliphatic rings. The molecule has 2 heterocycles. The molecule has 0 bridgehead atoms. The molecule has 0 saturated carbocycles. The number of hydrogen-bond acceptors (Lipinski definition) is 5. The van der Waals surface area contributed by atoms with E-state index in [4.69, 9.17) is 4.74 Å². The van der Waals surface area contributed by atoms with Gasteiger partial charge in [-0.3, -0.25) is 9.47 Å². The van der Waals surface area contributed by atoms with Gasteiger partial charge in [0.2, 0.25) is 11.1 Å². The predicted octanol–water partition coefficient (Wildman–Crippen LogP) is 3.94. The molecule has 4 rings (SSSR count). The molecule has 1 amide bonds. The van der Waals surface area contributed by atoms with Crippen LogP contribution in [0.15, 0.2) is 78.2 Å². The summed E-state index contributed by atoms with van der Waals surface area (Å²) in [5.74, 6) is 0.733. The monoisotopic (exact) mass is 423 g/mol. The van der Waals surface area contributed by atoms with Crippen molar-refractivity contribution in [1.29, 1.82) is 0 Å². The van der Waals surface area contributed by atoms with Gasteiger partial charge in [-0.2, -0.15) is 0 Å². The largest absolute Gasteiger partial charge is 0.497 e. The van der Waals surface area contributed by atoms with Gasteiger partial charge in [-0.25, -0.2) is 9.07 Å². The molecule has 30 heavy (non-hydrogen) atoms. The highest BCUT2D eigenvalue weighted by molar-refractivity contribution is 7.99. The second-order valence-electron chi connectivity index (χ2n) is 6.26. The minimum Gasteiger partial charge on any atom is -0.497 e. The predicted molar refractivity (Wildman–Crippen MR) is 113 cm³/mol. The van der Waals surface area contributed by atoms with Crippen molar-refractivity contribution in [2.24, 2.45) is 0 Å². The van der Waals surface area contributed by atoms with Crippen LogP contribution in [0.25, 0.3) is 11.4 Å². The average molecular weight is 423 g/mol. The first kappa shape index (κ1) is 19.7. The molecule has 0 atom stereocenters. The number of carbonyl (C=O) groups is 1. The molecule has 0 saturated heterocycles. The number of methoxy groups -OCH3 is 1. The SMILES string of the molecule is COc1cccc(-c2nnc(SCC(=O)Nc3cccc(F)c3)n2-n2cccc2)c1. The van der Waals surface area contributed by atoms with Crippen LogP contribution in [-0.4, -0.2) is 38.3 Å². The Bertz CT molecular complexity index is 1160. The maximum absolute atomic E-state index is 13.3. The number of rotatable bonds is 7. The van der Waals surface area contributed by atoms with Gasteiger partial charge >= 0.3 is 0 Å². The zero-order valence-corrected chi connectivity index (χ0v) is 16.8. The highest BCUT2D eigenvalue weighted by Crippen LogP contribution is 2.27. The lowest BCUT2D eigenvalue weighted by molar-refractivity contribution is -0.113. The van der Waals surface area contributed by atoms with Crippen molar-refractivity contribution >= 4 is 23.4 Å². The number of benzene rings is 2. The summed E-state index contributed by atoms with van der Waals surface area (Å²) in [6.45, 7) is 0. The fraction of sp³-hybridized carbons (Fsp3) is 0.0952. The van der Waals surface area contributed by atoms with E-state index in [0.29, 0.717) is 22.4 Å². The molecule has 0 spiro atoms. The number of ether oxygens (including phenoxy) is 1. The molecule has 1 N–H and O–H groups in total. The number of nitrogens with zero attached hydrogens (tertiary/aromatic N) is 4.